The molecule has 194 valence electrons. The molecule has 2 nitrogen and oxygen atoms in total. The third kappa shape index (κ3) is 8.91. The maximum absolute atomic E-state index is 8.99. The number of aliphatic hydroxyl groups is 1. The van der Waals surface area contributed by atoms with E-state index in [2.05, 4.69) is 98.9 Å². The van der Waals surface area contributed by atoms with Gasteiger partial charge in [0.15, 0.2) is 0 Å². The minimum Gasteiger partial charge on any atom is -0.395 e. The lowest BCUT2D eigenvalue weighted by atomic mass is 9.82. The molecule has 1 aliphatic rings. The zero-order chi connectivity index (χ0) is 25.6. The molecule has 0 aromatic heterocycles. The van der Waals surface area contributed by atoms with Crippen molar-refractivity contribution in [3.8, 4) is 0 Å². The van der Waals surface area contributed by atoms with Gasteiger partial charge in [-0.3, -0.25) is 0 Å². The summed E-state index contributed by atoms with van der Waals surface area (Å²) in [6.07, 6.45) is 19.7. The number of hydrogen-bond acceptors (Lipinski definition) is 2. The zero-order valence-corrected chi connectivity index (χ0v) is 22.8. The Hall–Kier alpha value is -2.42. The largest absolute Gasteiger partial charge is 0.395 e. The number of hydrogen-bond donors (Lipinski definition) is 2. The van der Waals surface area contributed by atoms with Gasteiger partial charge in [0, 0.05) is 18.5 Å². The van der Waals surface area contributed by atoms with E-state index in [0.717, 1.165) is 32.1 Å². The smallest absolute Gasteiger partial charge is 0.0556 e. The summed E-state index contributed by atoms with van der Waals surface area (Å²) >= 11 is 0. The standard InChI is InChI=1S/C34H47NO/c1-4-6-11-29-16-21-32(22-17-29)34(31-14-8-13-28(9-5-2)15-20-31)33-23-18-30(19-24-33)12-7-10-27(3)35-25-26-36/h8,13,15-24,27,34-36H,4-7,9-12,14,25-26H2,1-3H3. The Balaban J connectivity index is 1.79. The fraction of sp³-hybridized carbons (Fsp3) is 0.471. The Kier molecular flexibility index (Phi) is 12.2. The predicted octanol–water partition coefficient (Wildman–Crippen LogP) is 8.07. The SMILES string of the molecule is CCCCc1ccc(C(C2=CC=C(CCC)C=CC2)c2ccc(CCCC(C)NCCO)cc2)cc1. The molecule has 0 radical (unpaired) electrons. The molecule has 2 aromatic carbocycles. The van der Waals surface area contributed by atoms with Crippen molar-refractivity contribution in [1.82, 2.24) is 5.32 Å². The maximum atomic E-state index is 8.99. The van der Waals surface area contributed by atoms with Crippen LogP contribution in [0.5, 0.6) is 0 Å². The van der Waals surface area contributed by atoms with E-state index in [0.29, 0.717) is 12.6 Å². The van der Waals surface area contributed by atoms with E-state index in [-0.39, 0.29) is 12.5 Å². The van der Waals surface area contributed by atoms with Crippen LogP contribution in [0, 0.1) is 0 Å². The highest BCUT2D eigenvalue weighted by molar-refractivity contribution is 5.46. The van der Waals surface area contributed by atoms with Crippen LogP contribution in [0.1, 0.15) is 93.9 Å². The van der Waals surface area contributed by atoms with Crippen molar-refractivity contribution >= 4 is 0 Å². The number of allylic oxidation sites excluding steroid dienone is 6. The average Bonchev–Trinajstić information content (AvgIpc) is 3.14. The second kappa shape index (κ2) is 15.6. The molecule has 0 saturated carbocycles. The molecular weight excluding hydrogens is 438 g/mol. The summed E-state index contributed by atoms with van der Waals surface area (Å²) in [5.74, 6) is 0.281. The van der Waals surface area contributed by atoms with Gasteiger partial charge in [-0.15, -0.1) is 0 Å². The second-order valence-corrected chi connectivity index (χ2v) is 10.3. The number of unbranched alkanes of at least 4 members (excludes halogenated alkanes) is 1. The van der Waals surface area contributed by atoms with Gasteiger partial charge in [-0.1, -0.05) is 105 Å². The minimum absolute atomic E-state index is 0.205. The lowest BCUT2D eigenvalue weighted by Gasteiger charge is -2.22. The monoisotopic (exact) mass is 485 g/mol. The summed E-state index contributed by atoms with van der Waals surface area (Å²) in [7, 11) is 0. The van der Waals surface area contributed by atoms with Gasteiger partial charge in [-0.25, -0.2) is 0 Å². The number of benzene rings is 2. The van der Waals surface area contributed by atoms with Crippen LogP contribution in [0.4, 0.5) is 0 Å². The Labute approximate surface area is 220 Å². The molecule has 36 heavy (non-hydrogen) atoms. The van der Waals surface area contributed by atoms with Gasteiger partial charge in [0.25, 0.3) is 0 Å². The van der Waals surface area contributed by atoms with Gasteiger partial charge in [-0.2, -0.15) is 0 Å². The molecule has 3 rings (SSSR count). The van der Waals surface area contributed by atoms with E-state index >= 15 is 0 Å². The molecule has 2 atom stereocenters. The summed E-state index contributed by atoms with van der Waals surface area (Å²) in [5.41, 5.74) is 8.51. The molecule has 2 unspecified atom stereocenters. The molecule has 0 fully saturated rings. The minimum atomic E-state index is 0.205. The normalized spacial score (nSPS) is 15.2. The zero-order valence-electron chi connectivity index (χ0n) is 22.8. The molecule has 0 saturated heterocycles. The highest BCUT2D eigenvalue weighted by atomic mass is 16.3. The molecule has 2 heteroatoms. The summed E-state index contributed by atoms with van der Waals surface area (Å²) < 4.78 is 0. The van der Waals surface area contributed by atoms with Gasteiger partial charge in [0.05, 0.1) is 6.61 Å². The lowest BCUT2D eigenvalue weighted by Crippen LogP contribution is -2.28. The van der Waals surface area contributed by atoms with Crippen molar-refractivity contribution in [2.75, 3.05) is 13.2 Å². The van der Waals surface area contributed by atoms with Crippen LogP contribution < -0.4 is 5.32 Å². The third-order valence-electron chi connectivity index (χ3n) is 7.26. The topological polar surface area (TPSA) is 32.3 Å². The summed E-state index contributed by atoms with van der Waals surface area (Å²) in [6, 6.07) is 19.2. The molecule has 0 spiro atoms. The van der Waals surface area contributed by atoms with E-state index in [1.807, 2.05) is 0 Å². The molecule has 2 aromatic rings. The molecule has 0 aliphatic heterocycles. The Bertz CT molecular complexity index is 981. The highest BCUT2D eigenvalue weighted by Gasteiger charge is 2.19. The Morgan fingerprint density at radius 3 is 2.03 bits per heavy atom. The molecule has 1 aliphatic carbocycles. The van der Waals surface area contributed by atoms with Crippen LogP contribution in [-0.4, -0.2) is 24.3 Å². The van der Waals surface area contributed by atoms with Crippen LogP contribution in [-0.2, 0) is 12.8 Å². The predicted molar refractivity (Wildman–Crippen MR) is 156 cm³/mol. The molecular formula is C34H47NO. The van der Waals surface area contributed by atoms with Crippen molar-refractivity contribution in [1.29, 1.82) is 0 Å². The van der Waals surface area contributed by atoms with E-state index in [1.54, 1.807) is 0 Å². The lowest BCUT2D eigenvalue weighted by molar-refractivity contribution is 0.284. The maximum Gasteiger partial charge on any atom is 0.0556 e. The molecule has 0 amide bonds. The van der Waals surface area contributed by atoms with Crippen LogP contribution in [0.15, 0.2) is 84.0 Å². The van der Waals surface area contributed by atoms with E-state index < -0.39 is 0 Å². The van der Waals surface area contributed by atoms with Gasteiger partial charge in [0.1, 0.15) is 0 Å². The number of nitrogens with one attached hydrogen (secondary N) is 1. The van der Waals surface area contributed by atoms with Crippen LogP contribution >= 0.6 is 0 Å². The first kappa shape index (κ1) is 28.2. The average molecular weight is 486 g/mol. The van der Waals surface area contributed by atoms with Crippen LogP contribution in [0.2, 0.25) is 0 Å². The summed E-state index contributed by atoms with van der Waals surface area (Å²) in [6.45, 7) is 7.59. The van der Waals surface area contributed by atoms with E-state index in [1.165, 1.54) is 59.1 Å². The number of rotatable bonds is 15. The number of aliphatic hydroxyl groups excluding tert-OH is 1. The summed E-state index contributed by atoms with van der Waals surface area (Å²) in [4.78, 5) is 0. The Morgan fingerprint density at radius 1 is 0.806 bits per heavy atom. The fourth-order valence-corrected chi connectivity index (χ4v) is 5.13. The second-order valence-electron chi connectivity index (χ2n) is 10.3. The van der Waals surface area contributed by atoms with Crippen molar-refractivity contribution < 1.29 is 5.11 Å². The first-order chi connectivity index (χ1) is 17.6. The van der Waals surface area contributed by atoms with Crippen LogP contribution in [0.3, 0.4) is 0 Å². The summed E-state index contributed by atoms with van der Waals surface area (Å²) in [5, 5.41) is 12.4. The van der Waals surface area contributed by atoms with E-state index in [9.17, 15) is 0 Å². The fourth-order valence-electron chi connectivity index (χ4n) is 5.13. The first-order valence-electron chi connectivity index (χ1n) is 14.2. The quantitative estimate of drug-likeness (QED) is 0.267. The molecule has 0 bridgehead atoms. The van der Waals surface area contributed by atoms with Gasteiger partial charge in [-0.05, 0) is 79.7 Å². The van der Waals surface area contributed by atoms with Gasteiger partial charge < -0.3 is 10.4 Å². The first-order valence-corrected chi connectivity index (χ1v) is 14.2. The van der Waals surface area contributed by atoms with Gasteiger partial charge in [0.2, 0.25) is 0 Å². The Morgan fingerprint density at radius 2 is 1.44 bits per heavy atom. The highest BCUT2D eigenvalue weighted by Crippen LogP contribution is 2.36. The molecule has 2 N–H and O–H groups in total. The van der Waals surface area contributed by atoms with Gasteiger partial charge >= 0.3 is 0 Å². The van der Waals surface area contributed by atoms with E-state index in [4.69, 9.17) is 5.11 Å². The van der Waals surface area contributed by atoms with Crippen molar-refractivity contribution in [3.05, 3.63) is 106 Å². The number of aryl methyl sites for hydroxylation is 2. The third-order valence-corrected chi connectivity index (χ3v) is 7.26. The van der Waals surface area contributed by atoms with Crippen molar-refractivity contribution in [3.63, 3.8) is 0 Å². The van der Waals surface area contributed by atoms with Crippen LogP contribution in [0.25, 0.3) is 0 Å². The molecule has 0 heterocycles. The van der Waals surface area contributed by atoms with Crippen molar-refractivity contribution in [2.24, 2.45) is 0 Å². The van der Waals surface area contributed by atoms with Crippen molar-refractivity contribution in [2.45, 2.75) is 90.5 Å².